The predicted molar refractivity (Wildman–Crippen MR) is 114 cm³/mol. The maximum atomic E-state index is 13.4. The van der Waals surface area contributed by atoms with Gasteiger partial charge in [-0.25, -0.2) is 4.39 Å². The van der Waals surface area contributed by atoms with Gasteiger partial charge in [-0.1, -0.05) is 12.1 Å². The molecule has 0 unspecified atom stereocenters. The van der Waals surface area contributed by atoms with Crippen molar-refractivity contribution in [3.05, 3.63) is 58.9 Å². The minimum absolute atomic E-state index is 0.187. The first-order chi connectivity index (χ1) is 13.8. The van der Waals surface area contributed by atoms with Crippen LogP contribution in [0, 0.1) is 12.7 Å². The third-order valence-corrected chi connectivity index (χ3v) is 5.00. The number of nitrogens with zero attached hydrogens (tertiary/aromatic N) is 1. The molecule has 0 fully saturated rings. The van der Waals surface area contributed by atoms with Crippen LogP contribution in [0.4, 0.5) is 4.39 Å². The molecule has 160 valence electrons. The van der Waals surface area contributed by atoms with E-state index >= 15 is 0 Å². The molecule has 0 saturated heterocycles. The van der Waals surface area contributed by atoms with Gasteiger partial charge in [0.1, 0.15) is 18.5 Å². The fourth-order valence-corrected chi connectivity index (χ4v) is 2.90. The first-order valence-electron chi connectivity index (χ1n) is 9.94. The lowest BCUT2D eigenvalue weighted by Gasteiger charge is -2.24. The Hall–Kier alpha value is -2.15. The zero-order valence-electron chi connectivity index (χ0n) is 18.0. The summed E-state index contributed by atoms with van der Waals surface area (Å²) in [6.07, 6.45) is -0.593. The molecule has 0 amide bonds. The maximum Gasteiger partial charge on any atom is 0.161 e. The number of rotatable bonds is 11. The van der Waals surface area contributed by atoms with Crippen molar-refractivity contribution in [1.82, 2.24) is 10.2 Å². The molecule has 2 aromatic carbocycles. The van der Waals surface area contributed by atoms with E-state index in [4.69, 9.17) is 9.47 Å². The molecule has 0 aromatic heterocycles. The smallest absolute Gasteiger partial charge is 0.161 e. The lowest BCUT2D eigenvalue weighted by atomic mass is 10.1. The van der Waals surface area contributed by atoms with Gasteiger partial charge < -0.3 is 24.8 Å². The first-order valence-corrected chi connectivity index (χ1v) is 9.94. The number of hydrogen-bond donors (Lipinski definition) is 2. The quantitative estimate of drug-likeness (QED) is 0.600. The number of nitrogens with one attached hydrogen (secondary N) is 1. The standard InChI is InChI=1S/C23H33FN2O3/c1-16(2)26(4)14-21(27)15-29-23-10-18(7-9-22(23)28-5)12-25-13-19-11-20(24)8-6-17(19)3/h6-11,16,21,25,27H,12-15H2,1-5H3/t21-/m1/s1. The van der Waals surface area contributed by atoms with Gasteiger partial charge in [-0.3, -0.25) is 0 Å². The molecule has 0 saturated carbocycles. The Kier molecular flexibility index (Phi) is 8.89. The molecule has 5 nitrogen and oxygen atoms in total. The van der Waals surface area contributed by atoms with Gasteiger partial charge >= 0.3 is 0 Å². The van der Waals surface area contributed by atoms with Crippen molar-refractivity contribution in [3.8, 4) is 11.5 Å². The van der Waals surface area contributed by atoms with Crippen LogP contribution in [0.1, 0.15) is 30.5 Å². The summed E-state index contributed by atoms with van der Waals surface area (Å²) in [7, 11) is 3.57. The summed E-state index contributed by atoms with van der Waals surface area (Å²) in [6.45, 7) is 8.04. The van der Waals surface area contributed by atoms with E-state index in [9.17, 15) is 9.50 Å². The largest absolute Gasteiger partial charge is 0.493 e. The van der Waals surface area contributed by atoms with Crippen LogP contribution in [0.2, 0.25) is 0 Å². The van der Waals surface area contributed by atoms with Crippen LogP contribution in [0.5, 0.6) is 11.5 Å². The van der Waals surface area contributed by atoms with E-state index in [1.807, 2.05) is 32.2 Å². The molecule has 2 aromatic rings. The molecule has 0 aliphatic rings. The van der Waals surface area contributed by atoms with Crippen LogP contribution in [-0.2, 0) is 13.1 Å². The number of aliphatic hydroxyl groups excluding tert-OH is 1. The van der Waals surface area contributed by atoms with Gasteiger partial charge in [0.05, 0.1) is 7.11 Å². The number of hydrogen-bond acceptors (Lipinski definition) is 5. The monoisotopic (exact) mass is 404 g/mol. The molecule has 0 radical (unpaired) electrons. The Morgan fingerprint density at radius 1 is 1.10 bits per heavy atom. The Morgan fingerprint density at radius 2 is 1.86 bits per heavy atom. The predicted octanol–water partition coefficient (Wildman–Crippen LogP) is 3.51. The topological polar surface area (TPSA) is 54.0 Å². The van der Waals surface area contributed by atoms with E-state index in [0.717, 1.165) is 16.7 Å². The van der Waals surface area contributed by atoms with E-state index in [1.54, 1.807) is 19.2 Å². The Morgan fingerprint density at radius 3 is 2.55 bits per heavy atom. The van der Waals surface area contributed by atoms with Crippen molar-refractivity contribution in [2.45, 2.75) is 46.0 Å². The Bertz CT molecular complexity index is 783. The Labute approximate surface area is 173 Å². The normalized spacial score (nSPS) is 12.4. The number of halogens is 1. The zero-order valence-corrected chi connectivity index (χ0v) is 18.0. The van der Waals surface area contributed by atoms with Crippen molar-refractivity contribution in [1.29, 1.82) is 0 Å². The summed E-state index contributed by atoms with van der Waals surface area (Å²) < 4.78 is 24.6. The third kappa shape index (κ3) is 7.31. The van der Waals surface area contributed by atoms with Crippen molar-refractivity contribution in [2.24, 2.45) is 0 Å². The van der Waals surface area contributed by atoms with Crippen LogP contribution >= 0.6 is 0 Å². The number of aryl methyl sites for hydroxylation is 1. The van der Waals surface area contributed by atoms with E-state index in [2.05, 4.69) is 24.1 Å². The fraction of sp³-hybridized carbons (Fsp3) is 0.478. The second-order valence-electron chi connectivity index (χ2n) is 7.66. The van der Waals surface area contributed by atoms with Crippen molar-refractivity contribution in [3.63, 3.8) is 0 Å². The molecule has 6 heteroatoms. The zero-order chi connectivity index (χ0) is 21.4. The molecule has 0 heterocycles. The van der Waals surface area contributed by atoms with Gasteiger partial charge in [0.2, 0.25) is 0 Å². The van der Waals surface area contributed by atoms with Gasteiger partial charge in [0.25, 0.3) is 0 Å². The minimum Gasteiger partial charge on any atom is -0.493 e. The van der Waals surface area contributed by atoms with Crippen LogP contribution in [0.15, 0.2) is 36.4 Å². The molecule has 29 heavy (non-hydrogen) atoms. The minimum atomic E-state index is -0.593. The third-order valence-electron chi connectivity index (χ3n) is 5.00. The highest BCUT2D eigenvalue weighted by Gasteiger charge is 2.13. The number of likely N-dealkylation sites (N-methyl/N-ethyl adjacent to an activating group) is 1. The summed E-state index contributed by atoms with van der Waals surface area (Å²) in [5.74, 6) is 0.994. The first kappa shape index (κ1) is 23.1. The molecule has 2 N–H and O–H groups in total. The molecule has 0 aliphatic carbocycles. The van der Waals surface area contributed by atoms with E-state index < -0.39 is 6.10 Å². The van der Waals surface area contributed by atoms with Crippen LogP contribution < -0.4 is 14.8 Å². The van der Waals surface area contributed by atoms with E-state index in [0.29, 0.717) is 37.2 Å². The number of benzene rings is 2. The number of ether oxygens (including phenoxy) is 2. The van der Waals surface area contributed by atoms with E-state index in [-0.39, 0.29) is 12.4 Å². The summed E-state index contributed by atoms with van der Waals surface area (Å²) in [5, 5.41) is 13.6. The lowest BCUT2D eigenvalue weighted by Crippen LogP contribution is -2.37. The van der Waals surface area contributed by atoms with Crippen molar-refractivity contribution < 1.29 is 19.0 Å². The van der Waals surface area contributed by atoms with Crippen LogP contribution in [-0.4, -0.2) is 49.5 Å². The number of methoxy groups -OCH3 is 1. The van der Waals surface area contributed by atoms with Crippen LogP contribution in [0.3, 0.4) is 0 Å². The SMILES string of the molecule is COc1ccc(CNCc2cc(F)ccc2C)cc1OC[C@H](O)CN(C)C(C)C. The number of aliphatic hydroxyl groups is 1. The highest BCUT2D eigenvalue weighted by Crippen LogP contribution is 2.28. The van der Waals surface area contributed by atoms with Crippen molar-refractivity contribution >= 4 is 0 Å². The highest BCUT2D eigenvalue weighted by atomic mass is 19.1. The molecule has 1 atom stereocenters. The summed E-state index contributed by atoms with van der Waals surface area (Å²) >= 11 is 0. The Balaban J connectivity index is 1.94. The molecular formula is C23H33FN2O3. The highest BCUT2D eigenvalue weighted by molar-refractivity contribution is 5.43. The molecule has 0 spiro atoms. The molecule has 0 bridgehead atoms. The second-order valence-corrected chi connectivity index (χ2v) is 7.66. The van der Waals surface area contributed by atoms with Gasteiger partial charge in [0, 0.05) is 25.7 Å². The van der Waals surface area contributed by atoms with Gasteiger partial charge in [-0.05, 0) is 68.8 Å². The summed E-state index contributed by atoms with van der Waals surface area (Å²) in [5.41, 5.74) is 3.01. The van der Waals surface area contributed by atoms with E-state index in [1.165, 1.54) is 6.07 Å². The molecule has 2 rings (SSSR count). The average Bonchev–Trinajstić information content (AvgIpc) is 2.69. The average molecular weight is 405 g/mol. The van der Waals surface area contributed by atoms with Gasteiger partial charge in [-0.15, -0.1) is 0 Å². The lowest BCUT2D eigenvalue weighted by molar-refractivity contribution is 0.0668. The van der Waals surface area contributed by atoms with Crippen molar-refractivity contribution in [2.75, 3.05) is 27.3 Å². The molecular weight excluding hydrogens is 371 g/mol. The van der Waals surface area contributed by atoms with Crippen LogP contribution in [0.25, 0.3) is 0 Å². The summed E-state index contributed by atoms with van der Waals surface area (Å²) in [4.78, 5) is 2.07. The maximum absolute atomic E-state index is 13.4. The fourth-order valence-electron chi connectivity index (χ4n) is 2.90. The second kappa shape index (κ2) is 11.1. The van der Waals surface area contributed by atoms with Gasteiger partial charge in [-0.2, -0.15) is 0 Å². The van der Waals surface area contributed by atoms with Gasteiger partial charge in [0.15, 0.2) is 11.5 Å². The summed E-state index contributed by atoms with van der Waals surface area (Å²) in [6, 6.07) is 10.9. The molecule has 0 aliphatic heterocycles.